The molecule has 120 valence electrons. The maximum atomic E-state index is 11.3. The van der Waals surface area contributed by atoms with Crippen molar-refractivity contribution in [2.75, 3.05) is 10.6 Å². The van der Waals surface area contributed by atoms with Crippen LogP contribution in [-0.4, -0.2) is 21.0 Å². The molecular formula is C18H17N5O. The average Bonchev–Trinajstić information content (AvgIpc) is 2.58. The first-order valence-corrected chi connectivity index (χ1v) is 7.52. The second kappa shape index (κ2) is 6.87. The molecule has 6 heteroatoms. The third-order valence-corrected chi connectivity index (χ3v) is 3.51. The lowest BCUT2D eigenvalue weighted by Crippen LogP contribution is -2.03. The molecule has 0 fully saturated rings. The van der Waals surface area contributed by atoms with Crippen molar-refractivity contribution < 1.29 is 4.79 Å². The number of aryl methyl sites for hydroxylation is 1. The Hall–Kier alpha value is -3.28. The number of nitrogens with one attached hydrogen (secondary N) is 2. The zero-order valence-corrected chi connectivity index (χ0v) is 13.4. The minimum atomic E-state index is 0.0314. The van der Waals surface area contributed by atoms with Crippen molar-refractivity contribution >= 4 is 28.9 Å². The lowest BCUT2D eigenvalue weighted by molar-refractivity contribution is 0.101. The molecule has 0 unspecified atom stereocenters. The second-order valence-electron chi connectivity index (χ2n) is 5.36. The molecule has 0 amide bonds. The van der Waals surface area contributed by atoms with Gasteiger partial charge in [0.25, 0.3) is 0 Å². The molecule has 2 N–H and O–H groups in total. The van der Waals surface area contributed by atoms with Crippen LogP contribution >= 0.6 is 0 Å². The van der Waals surface area contributed by atoms with Gasteiger partial charge in [0.15, 0.2) is 11.6 Å². The van der Waals surface area contributed by atoms with Crippen LogP contribution in [0.5, 0.6) is 0 Å². The molecule has 2 aromatic carbocycles. The molecule has 0 saturated heterocycles. The van der Waals surface area contributed by atoms with Gasteiger partial charge in [-0.15, -0.1) is 5.10 Å². The van der Waals surface area contributed by atoms with Crippen LogP contribution in [0.1, 0.15) is 22.8 Å². The minimum absolute atomic E-state index is 0.0314. The Balaban J connectivity index is 1.75. The van der Waals surface area contributed by atoms with Gasteiger partial charge in [-0.05, 0) is 49.7 Å². The number of anilines is 4. The van der Waals surface area contributed by atoms with E-state index >= 15 is 0 Å². The first kappa shape index (κ1) is 15.6. The number of aromatic nitrogens is 3. The highest BCUT2D eigenvalue weighted by Gasteiger charge is 2.04. The Labute approximate surface area is 140 Å². The van der Waals surface area contributed by atoms with Crippen LogP contribution in [-0.2, 0) is 0 Å². The van der Waals surface area contributed by atoms with Crippen LogP contribution in [0, 0.1) is 6.92 Å². The van der Waals surface area contributed by atoms with Gasteiger partial charge in [0.05, 0.1) is 6.20 Å². The van der Waals surface area contributed by atoms with Crippen LogP contribution in [0.25, 0.3) is 0 Å². The van der Waals surface area contributed by atoms with Crippen molar-refractivity contribution in [1.82, 2.24) is 15.2 Å². The fourth-order valence-electron chi connectivity index (χ4n) is 2.19. The molecule has 0 radical (unpaired) electrons. The summed E-state index contributed by atoms with van der Waals surface area (Å²) in [6.07, 6.45) is 1.57. The smallest absolute Gasteiger partial charge is 0.249 e. The maximum absolute atomic E-state index is 11.3. The van der Waals surface area contributed by atoms with E-state index in [4.69, 9.17) is 0 Å². The van der Waals surface area contributed by atoms with Gasteiger partial charge in [0.2, 0.25) is 5.95 Å². The fourth-order valence-corrected chi connectivity index (χ4v) is 2.19. The molecule has 24 heavy (non-hydrogen) atoms. The highest BCUT2D eigenvalue weighted by molar-refractivity contribution is 5.94. The monoisotopic (exact) mass is 319 g/mol. The number of para-hydroxylation sites is 1. The van der Waals surface area contributed by atoms with E-state index in [-0.39, 0.29) is 5.78 Å². The summed E-state index contributed by atoms with van der Waals surface area (Å²) >= 11 is 0. The molecule has 1 heterocycles. The van der Waals surface area contributed by atoms with E-state index in [9.17, 15) is 4.79 Å². The molecule has 0 aliphatic carbocycles. The molecule has 6 nitrogen and oxygen atoms in total. The molecule has 1 aromatic heterocycles. The summed E-state index contributed by atoms with van der Waals surface area (Å²) in [7, 11) is 0. The Kier molecular flexibility index (Phi) is 4.47. The largest absolute Gasteiger partial charge is 0.339 e. The molecule has 3 aromatic rings. The predicted octanol–water partition coefficient (Wildman–Crippen LogP) is 3.87. The fraction of sp³-hybridized carbons (Fsp3) is 0.111. The topological polar surface area (TPSA) is 79.8 Å². The van der Waals surface area contributed by atoms with E-state index in [1.54, 1.807) is 18.3 Å². The van der Waals surface area contributed by atoms with Crippen LogP contribution in [0.3, 0.4) is 0 Å². The molecular weight excluding hydrogens is 302 g/mol. The molecule has 0 aliphatic heterocycles. The zero-order chi connectivity index (χ0) is 16.9. The van der Waals surface area contributed by atoms with Crippen LogP contribution < -0.4 is 10.6 Å². The zero-order valence-electron chi connectivity index (χ0n) is 13.4. The molecule has 0 saturated carbocycles. The van der Waals surface area contributed by atoms with Gasteiger partial charge in [-0.1, -0.05) is 18.2 Å². The number of carbonyl (C=O) groups is 1. The molecule has 0 spiro atoms. The van der Waals surface area contributed by atoms with Crippen molar-refractivity contribution in [2.45, 2.75) is 13.8 Å². The van der Waals surface area contributed by atoms with Gasteiger partial charge in [0, 0.05) is 16.9 Å². The number of nitrogens with zero attached hydrogens (tertiary/aromatic N) is 3. The van der Waals surface area contributed by atoms with E-state index in [1.807, 2.05) is 43.3 Å². The third kappa shape index (κ3) is 3.73. The van der Waals surface area contributed by atoms with Crippen LogP contribution in [0.4, 0.5) is 23.1 Å². The van der Waals surface area contributed by atoms with Gasteiger partial charge < -0.3 is 10.6 Å². The molecule has 3 rings (SSSR count). The number of hydrogen-bond donors (Lipinski definition) is 2. The summed E-state index contributed by atoms with van der Waals surface area (Å²) in [5, 5.41) is 14.2. The van der Waals surface area contributed by atoms with Crippen LogP contribution in [0.15, 0.2) is 54.7 Å². The number of hydrogen-bond acceptors (Lipinski definition) is 6. The Morgan fingerprint density at radius 1 is 1.00 bits per heavy atom. The van der Waals surface area contributed by atoms with E-state index in [2.05, 4.69) is 25.8 Å². The van der Waals surface area contributed by atoms with Crippen molar-refractivity contribution in [1.29, 1.82) is 0 Å². The van der Waals surface area contributed by atoms with E-state index in [0.29, 0.717) is 17.3 Å². The lowest BCUT2D eigenvalue weighted by atomic mass is 10.1. The Morgan fingerprint density at radius 3 is 2.46 bits per heavy atom. The predicted molar refractivity (Wildman–Crippen MR) is 94.0 cm³/mol. The quantitative estimate of drug-likeness (QED) is 0.695. The number of benzene rings is 2. The van der Waals surface area contributed by atoms with E-state index in [0.717, 1.165) is 16.9 Å². The molecule has 0 aliphatic rings. The highest BCUT2D eigenvalue weighted by Crippen LogP contribution is 2.19. The van der Waals surface area contributed by atoms with Crippen molar-refractivity contribution in [3.63, 3.8) is 0 Å². The van der Waals surface area contributed by atoms with Crippen molar-refractivity contribution in [2.24, 2.45) is 0 Å². The maximum Gasteiger partial charge on any atom is 0.249 e. The minimum Gasteiger partial charge on any atom is -0.339 e. The second-order valence-corrected chi connectivity index (χ2v) is 5.36. The third-order valence-electron chi connectivity index (χ3n) is 3.51. The molecule has 0 atom stereocenters. The van der Waals surface area contributed by atoms with E-state index in [1.165, 1.54) is 6.92 Å². The van der Waals surface area contributed by atoms with Gasteiger partial charge >= 0.3 is 0 Å². The Morgan fingerprint density at radius 2 is 1.75 bits per heavy atom. The number of carbonyl (C=O) groups excluding carboxylic acids is 1. The van der Waals surface area contributed by atoms with Crippen molar-refractivity contribution in [3.8, 4) is 0 Å². The summed E-state index contributed by atoms with van der Waals surface area (Å²) < 4.78 is 0. The van der Waals surface area contributed by atoms with E-state index < -0.39 is 0 Å². The summed E-state index contributed by atoms with van der Waals surface area (Å²) in [6.45, 7) is 3.56. The first-order chi connectivity index (χ1) is 11.6. The first-order valence-electron chi connectivity index (χ1n) is 7.52. The summed E-state index contributed by atoms with van der Waals surface area (Å²) in [4.78, 5) is 15.7. The van der Waals surface area contributed by atoms with Crippen LogP contribution in [0.2, 0.25) is 0 Å². The summed E-state index contributed by atoms with van der Waals surface area (Å²) in [5.74, 6) is 1.01. The van der Waals surface area contributed by atoms with Gasteiger partial charge in [0.1, 0.15) is 0 Å². The number of rotatable bonds is 5. The summed E-state index contributed by atoms with van der Waals surface area (Å²) in [6, 6.07) is 15.1. The SMILES string of the molecule is CC(=O)c1ccc(Nc2nncc(Nc3ccccc3C)n2)cc1. The average molecular weight is 319 g/mol. The molecule has 0 bridgehead atoms. The standard InChI is InChI=1S/C18H17N5O/c1-12-5-3-4-6-16(12)21-17-11-19-23-18(22-17)20-15-9-7-14(8-10-15)13(2)24/h3-11H,1-2H3,(H2,20,21,22,23). The highest BCUT2D eigenvalue weighted by atomic mass is 16.1. The van der Waals surface area contributed by atoms with Crippen molar-refractivity contribution in [3.05, 3.63) is 65.9 Å². The Bertz CT molecular complexity index is 861. The normalized spacial score (nSPS) is 10.2. The van der Waals surface area contributed by atoms with Gasteiger partial charge in [-0.25, -0.2) is 0 Å². The summed E-state index contributed by atoms with van der Waals surface area (Å²) in [5.41, 5.74) is 3.53. The number of ketones is 1. The van der Waals surface area contributed by atoms with Gasteiger partial charge in [-0.3, -0.25) is 4.79 Å². The number of Topliss-reactive ketones (excluding diaryl/α,β-unsaturated/α-hetero) is 1. The lowest BCUT2D eigenvalue weighted by Gasteiger charge is -2.09. The van der Waals surface area contributed by atoms with Gasteiger partial charge in [-0.2, -0.15) is 10.1 Å².